The second-order valence-electron chi connectivity index (χ2n) is 11.8. The van der Waals surface area contributed by atoms with Crippen molar-refractivity contribution in [3.8, 4) is 0 Å². The predicted octanol–water partition coefficient (Wildman–Crippen LogP) is 9.12. The second-order valence-corrected chi connectivity index (χ2v) is 12.0. The molecule has 3 heteroatoms. The predicted molar refractivity (Wildman–Crippen MR) is 135 cm³/mol. The highest BCUT2D eigenvalue weighted by Crippen LogP contribution is 2.67. The standard InChI is InChI=1S/C27H43ClO2.C2H6/c1-5-6-7-8-18(2)22-11-12-23-21-10-9-20-17-19(25(29)30-28)13-15-26(20,3)24(21)14-16-27(22,23)4;1-2/h9,18-19,21-24H,5-8,10-17H2,1-4H3;1-2H3. The highest BCUT2D eigenvalue weighted by atomic mass is 35.5. The van der Waals surface area contributed by atoms with E-state index in [9.17, 15) is 4.79 Å². The van der Waals surface area contributed by atoms with Crippen LogP contribution in [0.3, 0.4) is 0 Å². The fourth-order valence-corrected chi connectivity index (χ4v) is 8.94. The van der Waals surface area contributed by atoms with Crippen molar-refractivity contribution in [1.29, 1.82) is 0 Å². The van der Waals surface area contributed by atoms with Crippen LogP contribution in [0, 0.1) is 46.3 Å². The van der Waals surface area contributed by atoms with Crippen molar-refractivity contribution in [3.63, 3.8) is 0 Å². The quantitative estimate of drug-likeness (QED) is 0.289. The summed E-state index contributed by atoms with van der Waals surface area (Å²) in [6.07, 6.45) is 18.0. The topological polar surface area (TPSA) is 26.3 Å². The lowest BCUT2D eigenvalue weighted by atomic mass is 9.46. The zero-order valence-corrected chi connectivity index (χ0v) is 22.5. The lowest BCUT2D eigenvalue weighted by Crippen LogP contribution is -2.50. The minimum Gasteiger partial charge on any atom is -0.347 e. The van der Waals surface area contributed by atoms with Crippen molar-refractivity contribution in [2.45, 2.75) is 119 Å². The highest BCUT2D eigenvalue weighted by Gasteiger charge is 2.59. The first-order valence-electron chi connectivity index (χ1n) is 13.9. The highest BCUT2D eigenvalue weighted by molar-refractivity contribution is 6.13. The van der Waals surface area contributed by atoms with E-state index in [0.717, 1.165) is 48.9 Å². The Morgan fingerprint density at radius 3 is 2.56 bits per heavy atom. The molecular weight excluding hydrogens is 416 g/mol. The van der Waals surface area contributed by atoms with Gasteiger partial charge in [0.05, 0.1) is 5.92 Å². The van der Waals surface area contributed by atoms with E-state index in [2.05, 4.69) is 38.1 Å². The van der Waals surface area contributed by atoms with E-state index in [1.165, 1.54) is 63.4 Å². The minimum absolute atomic E-state index is 0.0351. The summed E-state index contributed by atoms with van der Waals surface area (Å²) in [6, 6.07) is 0. The fraction of sp³-hybridized carbons (Fsp3) is 0.897. The molecule has 3 saturated carbocycles. The molecule has 32 heavy (non-hydrogen) atoms. The molecule has 4 aliphatic carbocycles. The van der Waals surface area contributed by atoms with Crippen LogP contribution in [0.2, 0.25) is 0 Å². The second kappa shape index (κ2) is 10.8. The smallest absolute Gasteiger partial charge is 0.328 e. The first-order chi connectivity index (χ1) is 15.3. The Labute approximate surface area is 203 Å². The van der Waals surface area contributed by atoms with E-state index >= 15 is 0 Å². The molecule has 0 saturated heterocycles. The molecule has 0 radical (unpaired) electrons. The van der Waals surface area contributed by atoms with Crippen molar-refractivity contribution in [2.75, 3.05) is 0 Å². The largest absolute Gasteiger partial charge is 0.347 e. The Kier molecular flexibility index (Phi) is 8.84. The molecule has 184 valence electrons. The Morgan fingerprint density at radius 2 is 1.88 bits per heavy atom. The van der Waals surface area contributed by atoms with E-state index in [1.807, 2.05) is 13.8 Å². The molecule has 3 fully saturated rings. The lowest BCUT2D eigenvalue weighted by molar-refractivity contribution is -0.140. The van der Waals surface area contributed by atoms with Gasteiger partial charge in [-0.3, -0.25) is 4.79 Å². The van der Waals surface area contributed by atoms with Crippen LogP contribution in [-0.4, -0.2) is 5.97 Å². The summed E-state index contributed by atoms with van der Waals surface area (Å²) in [5, 5.41) is 0. The van der Waals surface area contributed by atoms with Crippen molar-refractivity contribution in [1.82, 2.24) is 0 Å². The molecular formula is C29H49ClO2. The monoisotopic (exact) mass is 464 g/mol. The van der Waals surface area contributed by atoms with Gasteiger partial charge in [0.1, 0.15) is 11.9 Å². The summed E-state index contributed by atoms with van der Waals surface area (Å²) in [4.78, 5) is 12.0. The van der Waals surface area contributed by atoms with E-state index in [4.69, 9.17) is 11.9 Å². The summed E-state index contributed by atoms with van der Waals surface area (Å²) in [5.74, 6) is 4.09. The number of fused-ring (bicyclic) bond motifs is 5. The zero-order valence-electron chi connectivity index (χ0n) is 21.7. The van der Waals surface area contributed by atoms with Gasteiger partial charge in [0.15, 0.2) is 0 Å². The number of halogens is 1. The van der Waals surface area contributed by atoms with Crippen LogP contribution in [-0.2, 0) is 9.08 Å². The van der Waals surface area contributed by atoms with Crippen molar-refractivity contribution >= 4 is 17.8 Å². The normalized spacial score (nSPS) is 41.2. The van der Waals surface area contributed by atoms with E-state index in [0.29, 0.717) is 5.41 Å². The maximum atomic E-state index is 12.0. The number of hydrogen-bond donors (Lipinski definition) is 0. The van der Waals surface area contributed by atoms with Gasteiger partial charge in [-0.05, 0) is 91.8 Å². The fourth-order valence-electron chi connectivity index (χ4n) is 8.82. The number of hydrogen-bond acceptors (Lipinski definition) is 2. The number of rotatable bonds is 6. The summed E-state index contributed by atoms with van der Waals surface area (Å²) < 4.78 is 4.55. The summed E-state index contributed by atoms with van der Waals surface area (Å²) >= 11 is 5.39. The van der Waals surface area contributed by atoms with Crippen molar-refractivity contribution < 1.29 is 9.08 Å². The van der Waals surface area contributed by atoms with Gasteiger partial charge in [0.2, 0.25) is 0 Å². The van der Waals surface area contributed by atoms with Gasteiger partial charge in [0.25, 0.3) is 0 Å². The molecule has 0 heterocycles. The SMILES string of the molecule is CC.CCCCCC(C)C1CCC2C3CC=C4CC(C(=O)OCl)CCC4(C)C3CCC12C. The Morgan fingerprint density at radius 1 is 1.12 bits per heavy atom. The Hall–Kier alpha value is -0.500. The first-order valence-corrected chi connectivity index (χ1v) is 14.2. The molecule has 2 nitrogen and oxygen atoms in total. The molecule has 8 unspecified atom stereocenters. The average Bonchev–Trinajstić information content (AvgIpc) is 3.16. The van der Waals surface area contributed by atoms with E-state index < -0.39 is 0 Å². The molecule has 8 atom stereocenters. The lowest BCUT2D eigenvalue weighted by Gasteiger charge is -2.58. The van der Waals surface area contributed by atoms with Gasteiger partial charge in [-0.2, -0.15) is 0 Å². The van der Waals surface area contributed by atoms with Gasteiger partial charge in [-0.25, -0.2) is 0 Å². The molecule has 0 N–H and O–H groups in total. The van der Waals surface area contributed by atoms with Gasteiger partial charge in [0, 0.05) is 0 Å². The molecule has 0 spiro atoms. The molecule has 0 amide bonds. The van der Waals surface area contributed by atoms with Crippen LogP contribution in [0.1, 0.15) is 119 Å². The summed E-state index contributed by atoms with van der Waals surface area (Å²) in [6.45, 7) is 14.0. The molecule has 0 aromatic carbocycles. The average molecular weight is 465 g/mol. The maximum absolute atomic E-state index is 12.0. The number of carbonyl (C=O) groups excluding carboxylic acids is 1. The number of allylic oxidation sites excluding steroid dienone is 2. The number of carbonyl (C=O) groups is 1. The van der Waals surface area contributed by atoms with E-state index in [-0.39, 0.29) is 17.3 Å². The third-order valence-corrected chi connectivity index (χ3v) is 10.7. The molecule has 0 bridgehead atoms. The molecule has 4 aliphatic rings. The van der Waals surface area contributed by atoms with Gasteiger partial charge in [-0.15, -0.1) is 0 Å². The minimum atomic E-state index is -0.228. The van der Waals surface area contributed by atoms with E-state index in [1.54, 1.807) is 0 Å². The van der Waals surface area contributed by atoms with Crippen LogP contribution < -0.4 is 0 Å². The van der Waals surface area contributed by atoms with Gasteiger partial charge < -0.3 is 4.29 Å². The summed E-state index contributed by atoms with van der Waals surface area (Å²) in [5.41, 5.74) is 2.37. The molecule has 0 aromatic rings. The molecule has 0 aliphatic heterocycles. The van der Waals surface area contributed by atoms with Crippen LogP contribution >= 0.6 is 11.9 Å². The third kappa shape index (κ3) is 4.56. The van der Waals surface area contributed by atoms with Crippen LogP contribution in [0.25, 0.3) is 0 Å². The van der Waals surface area contributed by atoms with Crippen LogP contribution in [0.5, 0.6) is 0 Å². The van der Waals surface area contributed by atoms with Gasteiger partial charge >= 0.3 is 5.97 Å². The maximum Gasteiger partial charge on any atom is 0.328 e. The van der Waals surface area contributed by atoms with Crippen LogP contribution in [0.4, 0.5) is 0 Å². The Bertz CT molecular complexity index is 672. The first kappa shape index (κ1) is 26.1. The molecule has 0 aromatic heterocycles. The van der Waals surface area contributed by atoms with Crippen molar-refractivity contribution in [3.05, 3.63) is 11.6 Å². The third-order valence-electron chi connectivity index (χ3n) is 10.5. The molecule has 4 rings (SSSR count). The van der Waals surface area contributed by atoms with Crippen LogP contribution in [0.15, 0.2) is 11.6 Å². The van der Waals surface area contributed by atoms with Crippen molar-refractivity contribution in [2.24, 2.45) is 46.3 Å². The number of unbranched alkanes of at least 4 members (excludes halogenated alkanes) is 2. The Balaban J connectivity index is 0.00000141. The zero-order chi connectivity index (χ0) is 23.5. The summed E-state index contributed by atoms with van der Waals surface area (Å²) in [7, 11) is 0. The van der Waals surface area contributed by atoms with Gasteiger partial charge in [-0.1, -0.05) is 78.9 Å².